The molecule has 3 rings (SSSR count). The smallest absolute Gasteiger partial charge is 0.165 e. The van der Waals surface area contributed by atoms with Gasteiger partial charge in [-0.05, 0) is 42.7 Å². The Morgan fingerprint density at radius 2 is 1.48 bits per heavy atom. The third-order valence-electron chi connectivity index (χ3n) is 4.54. The quantitative estimate of drug-likeness (QED) is 0.585. The fourth-order valence-electron chi connectivity index (χ4n) is 2.90. The number of Topliss-reactive ketones (excluding diaryl/α,β-unsaturated/α-hetero) is 1. The number of hydrogen-bond acceptors (Lipinski definition) is 2. The monoisotopic (exact) mass is 329 g/mol. The molecule has 3 aromatic carbocycles. The lowest BCUT2D eigenvalue weighted by Gasteiger charge is -2.21. The summed E-state index contributed by atoms with van der Waals surface area (Å²) < 4.78 is 0. The third-order valence-corrected chi connectivity index (χ3v) is 4.54. The highest BCUT2D eigenvalue weighted by atomic mass is 16.1. The largest absolute Gasteiger partial charge is 0.378 e. The normalized spacial score (nSPS) is 11.8. The molecule has 0 aliphatic rings. The Kier molecular flexibility index (Phi) is 5.30. The Labute approximate surface area is 149 Å². The SMILES string of the molecule is Cc1ccc(N[C@H](CC(=O)c2ccccc2)c2ccccc2)cc1C. The lowest BCUT2D eigenvalue weighted by molar-refractivity contribution is 0.0976. The van der Waals surface area contributed by atoms with Crippen LogP contribution in [0, 0.1) is 13.8 Å². The van der Waals surface area contributed by atoms with E-state index < -0.39 is 0 Å². The van der Waals surface area contributed by atoms with Gasteiger partial charge < -0.3 is 5.32 Å². The van der Waals surface area contributed by atoms with Crippen LogP contribution >= 0.6 is 0 Å². The zero-order valence-corrected chi connectivity index (χ0v) is 14.7. The van der Waals surface area contributed by atoms with Gasteiger partial charge in [-0.15, -0.1) is 0 Å². The van der Waals surface area contributed by atoms with Crippen molar-refractivity contribution in [1.29, 1.82) is 0 Å². The minimum atomic E-state index is -0.0592. The summed E-state index contributed by atoms with van der Waals surface area (Å²) in [5.41, 5.74) is 5.42. The van der Waals surface area contributed by atoms with Crippen LogP contribution in [0.3, 0.4) is 0 Å². The van der Waals surface area contributed by atoms with Gasteiger partial charge in [0.2, 0.25) is 0 Å². The van der Waals surface area contributed by atoms with Crippen LogP contribution in [0.15, 0.2) is 78.9 Å². The molecule has 0 heterocycles. The molecule has 2 nitrogen and oxygen atoms in total. The first kappa shape index (κ1) is 17.0. The molecule has 1 N–H and O–H groups in total. The van der Waals surface area contributed by atoms with Crippen LogP contribution in [0.25, 0.3) is 0 Å². The maximum atomic E-state index is 12.7. The fourth-order valence-corrected chi connectivity index (χ4v) is 2.90. The maximum Gasteiger partial charge on any atom is 0.165 e. The zero-order chi connectivity index (χ0) is 17.6. The van der Waals surface area contributed by atoms with E-state index in [2.05, 4.69) is 49.5 Å². The first-order valence-corrected chi connectivity index (χ1v) is 8.60. The topological polar surface area (TPSA) is 29.1 Å². The molecule has 2 heteroatoms. The van der Waals surface area contributed by atoms with Gasteiger partial charge in [-0.3, -0.25) is 4.79 Å². The average Bonchev–Trinajstić information content (AvgIpc) is 2.65. The average molecular weight is 329 g/mol. The summed E-state index contributed by atoms with van der Waals surface area (Å²) in [6.07, 6.45) is 0.418. The Bertz CT molecular complexity index is 840. The van der Waals surface area contributed by atoms with Gasteiger partial charge in [-0.2, -0.15) is 0 Å². The number of nitrogens with one attached hydrogen (secondary N) is 1. The van der Waals surface area contributed by atoms with Crippen LogP contribution in [-0.2, 0) is 0 Å². The van der Waals surface area contributed by atoms with Gasteiger partial charge in [-0.25, -0.2) is 0 Å². The van der Waals surface area contributed by atoms with Crippen molar-refractivity contribution in [2.75, 3.05) is 5.32 Å². The molecule has 126 valence electrons. The van der Waals surface area contributed by atoms with E-state index in [4.69, 9.17) is 0 Å². The van der Waals surface area contributed by atoms with Gasteiger partial charge in [0.25, 0.3) is 0 Å². The van der Waals surface area contributed by atoms with Crippen molar-refractivity contribution in [2.45, 2.75) is 26.3 Å². The molecule has 0 spiro atoms. The number of benzene rings is 3. The van der Waals surface area contributed by atoms with E-state index in [1.165, 1.54) is 11.1 Å². The zero-order valence-electron chi connectivity index (χ0n) is 14.7. The van der Waals surface area contributed by atoms with Crippen LogP contribution in [0.4, 0.5) is 5.69 Å². The van der Waals surface area contributed by atoms with Crippen LogP contribution in [-0.4, -0.2) is 5.78 Å². The van der Waals surface area contributed by atoms with Crippen LogP contribution < -0.4 is 5.32 Å². The lowest BCUT2D eigenvalue weighted by Crippen LogP contribution is -2.16. The van der Waals surface area contributed by atoms with Crippen molar-refractivity contribution in [3.05, 3.63) is 101 Å². The molecule has 0 bridgehead atoms. The molecule has 25 heavy (non-hydrogen) atoms. The number of hydrogen-bond donors (Lipinski definition) is 1. The Morgan fingerprint density at radius 1 is 0.840 bits per heavy atom. The number of aryl methyl sites for hydroxylation is 2. The van der Waals surface area contributed by atoms with Gasteiger partial charge in [0, 0.05) is 17.7 Å². The number of carbonyl (C=O) groups excluding carboxylic acids is 1. The van der Waals surface area contributed by atoms with E-state index in [1.54, 1.807) is 0 Å². The van der Waals surface area contributed by atoms with E-state index in [0.29, 0.717) is 6.42 Å². The first-order valence-electron chi connectivity index (χ1n) is 8.60. The van der Waals surface area contributed by atoms with Crippen molar-refractivity contribution in [3.8, 4) is 0 Å². The highest BCUT2D eigenvalue weighted by Gasteiger charge is 2.17. The van der Waals surface area contributed by atoms with Crippen LogP contribution in [0.5, 0.6) is 0 Å². The first-order chi connectivity index (χ1) is 12.1. The molecule has 0 saturated carbocycles. The van der Waals surface area contributed by atoms with Crippen LogP contribution in [0.2, 0.25) is 0 Å². The van der Waals surface area contributed by atoms with E-state index in [9.17, 15) is 4.79 Å². The minimum Gasteiger partial charge on any atom is -0.378 e. The van der Waals surface area contributed by atoms with Crippen molar-refractivity contribution >= 4 is 11.5 Å². The molecule has 3 aromatic rings. The molecule has 1 atom stereocenters. The fraction of sp³-hybridized carbons (Fsp3) is 0.174. The maximum absolute atomic E-state index is 12.7. The predicted molar refractivity (Wildman–Crippen MR) is 104 cm³/mol. The van der Waals surface area contributed by atoms with Crippen molar-refractivity contribution in [2.24, 2.45) is 0 Å². The summed E-state index contributed by atoms with van der Waals surface area (Å²) in [5, 5.41) is 3.54. The van der Waals surface area contributed by atoms with E-state index in [1.807, 2.05) is 48.5 Å². The molecule has 0 aliphatic heterocycles. The Hall–Kier alpha value is -2.87. The van der Waals surface area contributed by atoms with E-state index >= 15 is 0 Å². The third kappa shape index (κ3) is 4.36. The van der Waals surface area contributed by atoms with Crippen molar-refractivity contribution in [3.63, 3.8) is 0 Å². The van der Waals surface area contributed by atoms with Gasteiger partial charge in [0.15, 0.2) is 5.78 Å². The van der Waals surface area contributed by atoms with Crippen molar-refractivity contribution < 1.29 is 4.79 Å². The summed E-state index contributed by atoms with van der Waals surface area (Å²) in [6, 6.07) is 25.9. The molecule has 0 saturated heterocycles. The summed E-state index contributed by atoms with van der Waals surface area (Å²) in [6.45, 7) is 4.21. The second-order valence-corrected chi connectivity index (χ2v) is 6.40. The highest BCUT2D eigenvalue weighted by molar-refractivity contribution is 5.96. The molecule has 0 aromatic heterocycles. The number of anilines is 1. The van der Waals surface area contributed by atoms with Crippen molar-refractivity contribution in [1.82, 2.24) is 0 Å². The Balaban J connectivity index is 1.85. The Morgan fingerprint density at radius 3 is 2.12 bits per heavy atom. The molecule has 0 radical (unpaired) electrons. The highest BCUT2D eigenvalue weighted by Crippen LogP contribution is 2.25. The minimum absolute atomic E-state index is 0.0592. The van der Waals surface area contributed by atoms with E-state index in [-0.39, 0.29) is 11.8 Å². The number of carbonyl (C=O) groups is 1. The van der Waals surface area contributed by atoms with Crippen LogP contribution in [0.1, 0.15) is 39.5 Å². The van der Waals surface area contributed by atoms with Gasteiger partial charge in [0.05, 0.1) is 6.04 Å². The van der Waals surface area contributed by atoms with Gasteiger partial charge in [0.1, 0.15) is 0 Å². The summed E-state index contributed by atoms with van der Waals surface area (Å²) in [4.78, 5) is 12.7. The molecule has 0 amide bonds. The molecule has 0 aliphatic carbocycles. The predicted octanol–water partition coefficient (Wildman–Crippen LogP) is 5.73. The molecule has 0 unspecified atom stereocenters. The van der Waals surface area contributed by atoms with Gasteiger partial charge >= 0.3 is 0 Å². The number of ketones is 1. The number of rotatable bonds is 6. The second-order valence-electron chi connectivity index (χ2n) is 6.40. The molecular weight excluding hydrogens is 306 g/mol. The van der Waals surface area contributed by atoms with E-state index in [0.717, 1.165) is 16.8 Å². The standard InChI is InChI=1S/C23H23NO/c1-17-13-14-21(15-18(17)2)24-22(19-9-5-3-6-10-19)16-23(25)20-11-7-4-8-12-20/h3-15,22,24H,16H2,1-2H3/t22-/m1/s1. The summed E-state index contributed by atoms with van der Waals surface area (Å²) in [5.74, 6) is 0.144. The molecule has 0 fully saturated rings. The van der Waals surface area contributed by atoms with Gasteiger partial charge in [-0.1, -0.05) is 66.7 Å². The lowest BCUT2D eigenvalue weighted by atomic mass is 9.97. The summed E-state index contributed by atoms with van der Waals surface area (Å²) >= 11 is 0. The molecular formula is C23H23NO. The second kappa shape index (κ2) is 7.80. The summed E-state index contributed by atoms with van der Waals surface area (Å²) in [7, 11) is 0.